The molecule has 6 nitrogen and oxygen atoms in total. The number of carbonyl (C=O) groups is 1. The Kier molecular flexibility index (Phi) is 5.84. The van der Waals surface area contributed by atoms with Crippen LogP contribution < -0.4 is 0 Å². The van der Waals surface area contributed by atoms with Crippen LogP contribution >= 0.6 is 34.4 Å². The molecule has 0 atom stereocenters. The molecular weight excluding hydrogens is 410 g/mol. The monoisotopic (exact) mass is 427 g/mol. The lowest BCUT2D eigenvalue weighted by Gasteiger charge is -2.16. The minimum Gasteiger partial charge on any atom is -0.341 e. The zero-order chi connectivity index (χ0) is 19.3. The van der Waals surface area contributed by atoms with Crippen molar-refractivity contribution in [2.45, 2.75) is 10.9 Å². The zero-order valence-electron chi connectivity index (χ0n) is 15.1. The van der Waals surface area contributed by atoms with Gasteiger partial charge >= 0.3 is 0 Å². The number of hydrogen-bond acceptors (Lipinski definition) is 7. The molecule has 4 rings (SSSR count). The van der Waals surface area contributed by atoms with Crippen LogP contribution in [0, 0.1) is 0 Å². The Morgan fingerprint density at radius 1 is 1.18 bits per heavy atom. The van der Waals surface area contributed by atoms with Crippen LogP contribution in [0.4, 0.5) is 0 Å². The summed E-state index contributed by atoms with van der Waals surface area (Å²) in [5.41, 5.74) is 4.59. The molecule has 0 unspecified atom stereocenters. The van der Waals surface area contributed by atoms with Gasteiger partial charge in [0, 0.05) is 25.4 Å². The molecule has 0 fully saturated rings. The molecule has 0 aliphatic carbocycles. The lowest BCUT2D eigenvalue weighted by molar-refractivity contribution is -0.127. The lowest BCUT2D eigenvalue weighted by atomic mass is 10.2. The van der Waals surface area contributed by atoms with E-state index in [-0.39, 0.29) is 5.91 Å². The number of hydrogen-bond donors (Lipinski definition) is 0. The molecule has 3 aromatic heterocycles. The number of amides is 1. The quantitative estimate of drug-likeness (QED) is 0.414. The van der Waals surface area contributed by atoms with Crippen LogP contribution in [-0.2, 0) is 11.3 Å². The van der Waals surface area contributed by atoms with Crippen molar-refractivity contribution in [1.29, 1.82) is 0 Å². The summed E-state index contributed by atoms with van der Waals surface area (Å²) in [6, 6.07) is 14.1. The van der Waals surface area contributed by atoms with Gasteiger partial charge in [0.15, 0.2) is 4.34 Å². The average Bonchev–Trinajstić information content (AvgIpc) is 3.47. The molecule has 9 heteroatoms. The second kappa shape index (κ2) is 8.68. The first-order chi connectivity index (χ1) is 13.7. The van der Waals surface area contributed by atoms with Crippen LogP contribution in [0.2, 0.25) is 0 Å². The Bertz CT molecular complexity index is 1030. The molecule has 0 aliphatic heterocycles. The molecule has 0 saturated heterocycles. The van der Waals surface area contributed by atoms with Crippen LogP contribution in [0.3, 0.4) is 0 Å². The highest BCUT2D eigenvalue weighted by atomic mass is 32.2. The second-order valence-electron chi connectivity index (χ2n) is 6.00. The van der Waals surface area contributed by atoms with Crippen LogP contribution in [0.25, 0.3) is 16.3 Å². The highest BCUT2D eigenvalue weighted by molar-refractivity contribution is 8.01. The van der Waals surface area contributed by atoms with Crippen molar-refractivity contribution in [2.24, 2.45) is 0 Å². The summed E-state index contributed by atoms with van der Waals surface area (Å²) in [5.74, 6) is 0.386. The first-order valence-corrected chi connectivity index (χ1v) is 11.3. The highest BCUT2D eigenvalue weighted by Gasteiger charge is 2.18. The van der Waals surface area contributed by atoms with E-state index in [9.17, 15) is 4.79 Å². The largest absolute Gasteiger partial charge is 0.341 e. The molecule has 0 radical (unpaired) electrons. The van der Waals surface area contributed by atoms with Gasteiger partial charge in [-0.2, -0.15) is 5.10 Å². The number of nitrogens with zero attached hydrogens (tertiary/aromatic N) is 5. The Morgan fingerprint density at radius 2 is 2.04 bits per heavy atom. The first kappa shape index (κ1) is 18.9. The van der Waals surface area contributed by atoms with E-state index in [0.29, 0.717) is 12.3 Å². The van der Waals surface area contributed by atoms with Gasteiger partial charge in [0.25, 0.3) is 0 Å². The van der Waals surface area contributed by atoms with E-state index in [1.54, 1.807) is 21.7 Å². The zero-order valence-corrected chi connectivity index (χ0v) is 17.5. The number of thioether (sulfide) groups is 1. The van der Waals surface area contributed by atoms with Crippen molar-refractivity contribution >= 4 is 40.3 Å². The van der Waals surface area contributed by atoms with Crippen molar-refractivity contribution in [1.82, 2.24) is 24.9 Å². The Balaban J connectivity index is 1.54. The van der Waals surface area contributed by atoms with Crippen molar-refractivity contribution in [3.8, 4) is 16.3 Å². The van der Waals surface area contributed by atoms with Gasteiger partial charge in [0.05, 0.1) is 16.3 Å². The number of benzene rings is 1. The predicted molar refractivity (Wildman–Crippen MR) is 114 cm³/mol. The molecule has 28 heavy (non-hydrogen) atoms. The topological polar surface area (TPSA) is 63.9 Å². The number of thiophene rings is 1. The minimum absolute atomic E-state index is 0.0461. The van der Waals surface area contributed by atoms with Crippen molar-refractivity contribution in [3.63, 3.8) is 0 Å². The molecule has 0 spiro atoms. The maximum absolute atomic E-state index is 12.6. The van der Waals surface area contributed by atoms with Gasteiger partial charge in [-0.25, -0.2) is 4.68 Å². The molecule has 1 aromatic carbocycles. The minimum atomic E-state index is 0.0461. The maximum Gasteiger partial charge on any atom is 0.233 e. The first-order valence-electron chi connectivity index (χ1n) is 8.51. The van der Waals surface area contributed by atoms with E-state index >= 15 is 0 Å². The van der Waals surface area contributed by atoms with Crippen LogP contribution in [0.1, 0.15) is 5.56 Å². The summed E-state index contributed by atoms with van der Waals surface area (Å²) in [7, 11) is 1.82. The fraction of sp³-hybridized carbons (Fsp3) is 0.158. The molecule has 1 amide bonds. The molecule has 0 aliphatic rings. The van der Waals surface area contributed by atoms with Gasteiger partial charge in [-0.15, -0.1) is 21.5 Å². The molecule has 0 bridgehead atoms. The highest BCUT2D eigenvalue weighted by Crippen LogP contribution is 2.29. The fourth-order valence-corrected chi connectivity index (χ4v) is 4.84. The average molecular weight is 428 g/mol. The van der Waals surface area contributed by atoms with E-state index < -0.39 is 0 Å². The van der Waals surface area contributed by atoms with E-state index in [2.05, 4.69) is 16.3 Å². The Morgan fingerprint density at radius 3 is 2.75 bits per heavy atom. The number of aromatic nitrogens is 4. The molecule has 0 N–H and O–H groups in total. The third-order valence-electron chi connectivity index (χ3n) is 4.06. The van der Waals surface area contributed by atoms with Crippen molar-refractivity contribution in [3.05, 3.63) is 65.1 Å². The summed E-state index contributed by atoms with van der Waals surface area (Å²) in [6.07, 6.45) is 2.01. The lowest BCUT2D eigenvalue weighted by Crippen LogP contribution is -2.27. The van der Waals surface area contributed by atoms with E-state index in [1.165, 1.54) is 23.1 Å². The summed E-state index contributed by atoms with van der Waals surface area (Å²) in [4.78, 5) is 15.4. The standard InChI is InChI=1S/C19H17N5OS3/c1-23(17(25)12-27-19-21-20-13-28-19)10-14-11-24(15-6-3-2-4-7-15)22-18(14)16-8-5-9-26-16/h2-9,11,13H,10,12H2,1H3. The maximum atomic E-state index is 12.6. The van der Waals surface area contributed by atoms with Crippen molar-refractivity contribution in [2.75, 3.05) is 12.8 Å². The number of carbonyl (C=O) groups excluding carboxylic acids is 1. The van der Waals surface area contributed by atoms with Crippen molar-refractivity contribution < 1.29 is 4.79 Å². The van der Waals surface area contributed by atoms with Gasteiger partial charge in [-0.1, -0.05) is 47.4 Å². The molecular formula is C19H17N5OS3. The van der Waals surface area contributed by atoms with Crippen LogP contribution in [-0.4, -0.2) is 43.6 Å². The van der Waals surface area contributed by atoms with Gasteiger partial charge in [-0.3, -0.25) is 4.79 Å². The molecule has 142 valence electrons. The Hall–Kier alpha value is -2.49. The van der Waals surface area contributed by atoms with Gasteiger partial charge < -0.3 is 4.90 Å². The molecule has 3 heterocycles. The predicted octanol–water partition coefficient (Wildman–Crippen LogP) is 4.20. The fourth-order valence-electron chi connectivity index (χ4n) is 2.66. The van der Waals surface area contributed by atoms with Gasteiger partial charge in [0.2, 0.25) is 5.91 Å². The van der Waals surface area contributed by atoms with E-state index in [1.807, 2.05) is 59.7 Å². The smallest absolute Gasteiger partial charge is 0.233 e. The number of rotatable bonds is 7. The van der Waals surface area contributed by atoms with E-state index in [4.69, 9.17) is 5.10 Å². The van der Waals surface area contributed by atoms with Gasteiger partial charge in [0.1, 0.15) is 11.2 Å². The summed E-state index contributed by atoms with van der Waals surface area (Å²) in [6.45, 7) is 0.496. The second-order valence-corrected chi connectivity index (χ2v) is 9.01. The van der Waals surface area contributed by atoms with Gasteiger partial charge in [-0.05, 0) is 23.6 Å². The third kappa shape index (κ3) is 4.32. The molecule has 4 aromatic rings. The summed E-state index contributed by atoms with van der Waals surface area (Å²) >= 11 is 4.50. The third-order valence-corrected chi connectivity index (χ3v) is 6.78. The molecule has 0 saturated carbocycles. The van der Waals surface area contributed by atoms with E-state index in [0.717, 1.165) is 26.2 Å². The van der Waals surface area contributed by atoms with Crippen LogP contribution in [0.5, 0.6) is 0 Å². The Labute approximate surface area is 174 Å². The summed E-state index contributed by atoms with van der Waals surface area (Å²) < 4.78 is 2.68. The SMILES string of the molecule is CN(Cc1cn(-c2ccccc2)nc1-c1cccs1)C(=O)CSc1nncs1. The number of para-hydroxylation sites is 1. The normalized spacial score (nSPS) is 10.9. The summed E-state index contributed by atoms with van der Waals surface area (Å²) in [5, 5.41) is 14.6. The van der Waals surface area contributed by atoms with Crippen LogP contribution in [0.15, 0.2) is 63.9 Å².